The molecule has 0 aliphatic carbocycles. The summed E-state index contributed by atoms with van der Waals surface area (Å²) < 4.78 is 17.6. The van der Waals surface area contributed by atoms with Crippen LogP contribution in [0.5, 0.6) is 17.2 Å². The molecular formula is C34H50O6. The number of esters is 1. The molecule has 222 valence electrons. The summed E-state index contributed by atoms with van der Waals surface area (Å²) in [5.74, 6) is -0.0807. The van der Waals surface area contributed by atoms with Gasteiger partial charge in [0.2, 0.25) is 0 Å². The third kappa shape index (κ3) is 13.9. The molecule has 2 aromatic carbocycles. The van der Waals surface area contributed by atoms with Gasteiger partial charge in [0, 0.05) is 0 Å². The Kier molecular flexibility index (Phi) is 17.3. The Morgan fingerprint density at radius 3 is 1.52 bits per heavy atom. The van der Waals surface area contributed by atoms with Crippen molar-refractivity contribution in [3.63, 3.8) is 0 Å². The fraction of sp³-hybridized carbons (Fsp3) is 0.588. The fourth-order valence-corrected chi connectivity index (χ4v) is 4.53. The minimum atomic E-state index is -1.03. The minimum absolute atomic E-state index is 0.134. The molecule has 0 aromatic heterocycles. The zero-order chi connectivity index (χ0) is 28.8. The van der Waals surface area contributed by atoms with E-state index < -0.39 is 11.9 Å². The van der Waals surface area contributed by atoms with E-state index in [4.69, 9.17) is 19.3 Å². The lowest BCUT2D eigenvalue weighted by Crippen LogP contribution is -2.10. The van der Waals surface area contributed by atoms with Gasteiger partial charge in [-0.1, -0.05) is 104 Å². The van der Waals surface area contributed by atoms with Gasteiger partial charge in [-0.25, -0.2) is 9.59 Å². The number of carbonyl (C=O) groups is 2. The number of unbranched alkanes of at least 4 members (excludes halogenated alkanes) is 14. The highest BCUT2D eigenvalue weighted by atomic mass is 16.5. The highest BCUT2D eigenvalue weighted by molar-refractivity contribution is 5.92. The Morgan fingerprint density at radius 1 is 0.575 bits per heavy atom. The molecule has 2 rings (SSSR count). The van der Waals surface area contributed by atoms with Crippen molar-refractivity contribution in [3.05, 3.63) is 53.6 Å². The Bertz CT molecular complexity index is 969. The van der Waals surface area contributed by atoms with Gasteiger partial charge in [-0.3, -0.25) is 0 Å². The summed E-state index contributed by atoms with van der Waals surface area (Å²) in [4.78, 5) is 23.9. The number of ether oxygens (including phenoxy) is 3. The maximum Gasteiger partial charge on any atom is 0.343 e. The van der Waals surface area contributed by atoms with E-state index in [2.05, 4.69) is 13.8 Å². The van der Waals surface area contributed by atoms with Gasteiger partial charge in [0.05, 0.1) is 24.3 Å². The molecule has 0 radical (unpaired) electrons. The molecular weight excluding hydrogens is 504 g/mol. The summed E-state index contributed by atoms with van der Waals surface area (Å²) in [5.41, 5.74) is 0.488. The Hall–Kier alpha value is -3.02. The predicted octanol–water partition coefficient (Wildman–Crippen LogP) is 9.64. The maximum atomic E-state index is 12.8. The number of carboxylic acids is 1. The molecule has 2 aromatic rings. The number of hydrogen-bond donors (Lipinski definition) is 1. The summed E-state index contributed by atoms with van der Waals surface area (Å²) in [7, 11) is 0. The van der Waals surface area contributed by atoms with Crippen molar-refractivity contribution in [2.45, 2.75) is 117 Å². The van der Waals surface area contributed by atoms with Gasteiger partial charge in [-0.05, 0) is 55.3 Å². The lowest BCUT2D eigenvalue weighted by Gasteiger charge is -2.14. The largest absolute Gasteiger partial charge is 0.490 e. The van der Waals surface area contributed by atoms with E-state index >= 15 is 0 Å². The second kappa shape index (κ2) is 20.8. The molecule has 0 amide bonds. The number of aromatic carboxylic acids is 1. The first-order valence-electron chi connectivity index (χ1n) is 15.5. The molecule has 0 heterocycles. The molecule has 0 bridgehead atoms. The first kappa shape index (κ1) is 33.2. The molecule has 0 fully saturated rings. The number of benzene rings is 2. The molecule has 6 nitrogen and oxygen atoms in total. The maximum absolute atomic E-state index is 12.8. The average Bonchev–Trinajstić information content (AvgIpc) is 2.96. The number of hydrogen-bond acceptors (Lipinski definition) is 5. The summed E-state index contributed by atoms with van der Waals surface area (Å²) >= 11 is 0. The second-order valence-corrected chi connectivity index (χ2v) is 10.5. The number of rotatable bonds is 23. The normalized spacial score (nSPS) is 10.8. The molecule has 0 aliphatic heterocycles. The highest BCUT2D eigenvalue weighted by Gasteiger charge is 2.15. The molecule has 0 atom stereocenters. The molecule has 0 aliphatic rings. The highest BCUT2D eigenvalue weighted by Crippen LogP contribution is 2.30. The van der Waals surface area contributed by atoms with Crippen LogP contribution in [0, 0.1) is 0 Å². The topological polar surface area (TPSA) is 82.1 Å². The zero-order valence-electron chi connectivity index (χ0n) is 24.8. The molecule has 0 spiro atoms. The SMILES string of the molecule is CCCCCCCCCCOc1ccc(C(=O)Oc2ccc(C(=O)O)cc2)cc1OCCCCCCCCCC. The van der Waals surface area contributed by atoms with Crippen LogP contribution < -0.4 is 14.2 Å². The van der Waals surface area contributed by atoms with Gasteiger partial charge in [0.15, 0.2) is 11.5 Å². The summed E-state index contributed by atoms with van der Waals surface area (Å²) in [5, 5.41) is 9.06. The predicted molar refractivity (Wildman–Crippen MR) is 161 cm³/mol. The van der Waals surface area contributed by atoms with Crippen LogP contribution >= 0.6 is 0 Å². The average molecular weight is 555 g/mol. The van der Waals surface area contributed by atoms with Crippen molar-refractivity contribution in [1.29, 1.82) is 0 Å². The molecule has 40 heavy (non-hydrogen) atoms. The zero-order valence-corrected chi connectivity index (χ0v) is 24.8. The van der Waals surface area contributed by atoms with Crippen molar-refractivity contribution >= 4 is 11.9 Å². The van der Waals surface area contributed by atoms with E-state index in [1.165, 1.54) is 101 Å². The number of carbonyl (C=O) groups excluding carboxylic acids is 1. The molecule has 1 N–H and O–H groups in total. The van der Waals surface area contributed by atoms with Crippen molar-refractivity contribution < 1.29 is 28.9 Å². The van der Waals surface area contributed by atoms with Crippen molar-refractivity contribution in [1.82, 2.24) is 0 Å². The lowest BCUT2D eigenvalue weighted by molar-refractivity contribution is 0.0696. The van der Waals surface area contributed by atoms with Crippen LogP contribution in [-0.4, -0.2) is 30.3 Å². The fourth-order valence-electron chi connectivity index (χ4n) is 4.53. The van der Waals surface area contributed by atoms with Crippen LogP contribution in [0.1, 0.15) is 137 Å². The van der Waals surface area contributed by atoms with Crippen LogP contribution in [0.25, 0.3) is 0 Å². The summed E-state index contributed by atoms with van der Waals surface area (Å²) in [6, 6.07) is 10.9. The van der Waals surface area contributed by atoms with E-state index in [0.29, 0.717) is 30.3 Å². The van der Waals surface area contributed by atoms with Gasteiger partial charge in [-0.15, -0.1) is 0 Å². The Morgan fingerprint density at radius 2 is 1.02 bits per heavy atom. The summed E-state index contributed by atoms with van der Waals surface area (Å²) in [6.45, 7) is 5.65. The van der Waals surface area contributed by atoms with Crippen LogP contribution in [0.15, 0.2) is 42.5 Å². The van der Waals surface area contributed by atoms with E-state index in [0.717, 1.165) is 25.7 Å². The third-order valence-corrected chi connectivity index (χ3v) is 7.00. The van der Waals surface area contributed by atoms with Crippen LogP contribution in [0.2, 0.25) is 0 Å². The smallest absolute Gasteiger partial charge is 0.343 e. The van der Waals surface area contributed by atoms with E-state index in [9.17, 15) is 9.59 Å². The van der Waals surface area contributed by atoms with Gasteiger partial charge in [0.1, 0.15) is 5.75 Å². The third-order valence-electron chi connectivity index (χ3n) is 7.00. The van der Waals surface area contributed by atoms with E-state index in [1.54, 1.807) is 18.2 Å². The molecule has 0 saturated heterocycles. The molecule has 0 unspecified atom stereocenters. The molecule has 6 heteroatoms. The van der Waals surface area contributed by atoms with Crippen molar-refractivity contribution in [3.8, 4) is 17.2 Å². The molecule has 0 saturated carbocycles. The minimum Gasteiger partial charge on any atom is -0.490 e. The Balaban J connectivity index is 1.90. The van der Waals surface area contributed by atoms with Gasteiger partial charge < -0.3 is 19.3 Å². The quantitative estimate of drug-likeness (QED) is 0.0836. The van der Waals surface area contributed by atoms with Gasteiger partial charge in [-0.2, -0.15) is 0 Å². The lowest BCUT2D eigenvalue weighted by atomic mass is 10.1. The number of carboxylic acid groups (broad SMARTS) is 1. The van der Waals surface area contributed by atoms with Crippen LogP contribution in [-0.2, 0) is 0 Å². The first-order chi connectivity index (χ1) is 19.5. The van der Waals surface area contributed by atoms with Crippen molar-refractivity contribution in [2.24, 2.45) is 0 Å². The van der Waals surface area contributed by atoms with Gasteiger partial charge >= 0.3 is 11.9 Å². The monoisotopic (exact) mass is 554 g/mol. The van der Waals surface area contributed by atoms with E-state index in [1.807, 2.05) is 0 Å². The van der Waals surface area contributed by atoms with Gasteiger partial charge in [0.25, 0.3) is 0 Å². The Labute approximate surface area is 241 Å². The standard InChI is InChI=1S/C34H50O6/c1-3-5-7-9-11-13-15-17-25-38-31-24-21-29(34(37)40-30-22-19-28(20-23-30)33(35)36)27-32(31)39-26-18-16-14-12-10-8-6-4-2/h19-24,27H,3-18,25-26H2,1-2H3,(H,35,36). The second-order valence-electron chi connectivity index (χ2n) is 10.5. The van der Waals surface area contributed by atoms with Crippen LogP contribution in [0.4, 0.5) is 0 Å². The first-order valence-corrected chi connectivity index (χ1v) is 15.5. The van der Waals surface area contributed by atoms with Crippen LogP contribution in [0.3, 0.4) is 0 Å². The van der Waals surface area contributed by atoms with Crippen molar-refractivity contribution in [2.75, 3.05) is 13.2 Å². The van der Waals surface area contributed by atoms with E-state index in [-0.39, 0.29) is 11.3 Å². The summed E-state index contributed by atoms with van der Waals surface area (Å²) in [6.07, 6.45) is 19.6.